The molecule has 58 valence electrons. The Morgan fingerprint density at radius 1 is 1.60 bits per heavy atom. The predicted molar refractivity (Wildman–Crippen MR) is 42.8 cm³/mol. The number of rotatable bonds is 0. The maximum absolute atomic E-state index is 9.43. The summed E-state index contributed by atoms with van der Waals surface area (Å²) in [4.78, 5) is 0. The summed E-state index contributed by atoms with van der Waals surface area (Å²) in [6.07, 6.45) is 5.22. The van der Waals surface area contributed by atoms with Crippen molar-refractivity contribution in [3.8, 4) is 0 Å². The van der Waals surface area contributed by atoms with E-state index in [4.69, 9.17) is 0 Å². The molecule has 0 amide bonds. The quantitative estimate of drug-likeness (QED) is 0.511. The third kappa shape index (κ3) is 1.84. The molecule has 0 bridgehead atoms. The number of hydrogen-bond acceptors (Lipinski definition) is 1. The molecular weight excluding hydrogens is 124 g/mol. The monoisotopic (exact) mass is 140 g/mol. The second kappa shape index (κ2) is 3.20. The Balaban J connectivity index is 2.52. The normalized spacial score (nSPS) is 34.9. The first-order chi connectivity index (χ1) is 4.70. The summed E-state index contributed by atoms with van der Waals surface area (Å²) in [5.74, 6) is 0.480. The number of hydrogen-bond donors (Lipinski definition) is 1. The summed E-state index contributed by atoms with van der Waals surface area (Å²) in [6, 6.07) is 0. The smallest absolute Gasteiger partial charge is 0.0600 e. The van der Waals surface area contributed by atoms with E-state index in [2.05, 4.69) is 19.9 Å². The zero-order valence-electron chi connectivity index (χ0n) is 6.80. The summed E-state index contributed by atoms with van der Waals surface area (Å²) >= 11 is 0. The molecule has 0 aromatic carbocycles. The third-order valence-electron chi connectivity index (χ3n) is 2.36. The molecule has 1 rings (SSSR count). The summed E-state index contributed by atoms with van der Waals surface area (Å²) in [5, 5.41) is 9.43. The first kappa shape index (κ1) is 7.80. The lowest BCUT2D eigenvalue weighted by Gasteiger charge is -2.13. The molecule has 1 nitrogen and oxygen atoms in total. The van der Waals surface area contributed by atoms with Gasteiger partial charge in [-0.25, -0.2) is 0 Å². The van der Waals surface area contributed by atoms with Gasteiger partial charge in [0.15, 0.2) is 0 Å². The molecule has 0 spiro atoms. The molecule has 0 saturated heterocycles. The van der Waals surface area contributed by atoms with E-state index in [0.29, 0.717) is 5.92 Å². The van der Waals surface area contributed by atoms with Crippen LogP contribution in [-0.2, 0) is 0 Å². The molecule has 0 aromatic heterocycles. The molecule has 2 atom stereocenters. The first-order valence-corrected chi connectivity index (χ1v) is 4.04. The van der Waals surface area contributed by atoms with Gasteiger partial charge in [-0.3, -0.25) is 0 Å². The fourth-order valence-corrected chi connectivity index (χ4v) is 1.30. The summed E-state index contributed by atoms with van der Waals surface area (Å²) < 4.78 is 0. The van der Waals surface area contributed by atoms with Crippen molar-refractivity contribution in [3.05, 3.63) is 11.6 Å². The van der Waals surface area contributed by atoms with Crippen LogP contribution in [0.25, 0.3) is 0 Å². The van der Waals surface area contributed by atoms with E-state index in [-0.39, 0.29) is 6.10 Å². The van der Waals surface area contributed by atoms with Crippen molar-refractivity contribution in [1.29, 1.82) is 0 Å². The van der Waals surface area contributed by atoms with Crippen LogP contribution >= 0.6 is 0 Å². The van der Waals surface area contributed by atoms with Gasteiger partial charge in [-0.1, -0.05) is 18.6 Å². The van der Waals surface area contributed by atoms with Crippen molar-refractivity contribution in [3.63, 3.8) is 0 Å². The molecule has 0 aromatic rings. The van der Waals surface area contributed by atoms with Crippen molar-refractivity contribution in [1.82, 2.24) is 0 Å². The van der Waals surface area contributed by atoms with Crippen LogP contribution < -0.4 is 0 Å². The number of aliphatic hydroxyl groups is 1. The van der Waals surface area contributed by atoms with Crippen LogP contribution in [0.3, 0.4) is 0 Å². The van der Waals surface area contributed by atoms with Crippen LogP contribution in [0.15, 0.2) is 11.6 Å². The topological polar surface area (TPSA) is 20.2 Å². The van der Waals surface area contributed by atoms with Gasteiger partial charge in [0, 0.05) is 0 Å². The maximum atomic E-state index is 9.43. The maximum Gasteiger partial charge on any atom is 0.0600 e. The van der Waals surface area contributed by atoms with Gasteiger partial charge in [0.05, 0.1) is 6.10 Å². The van der Waals surface area contributed by atoms with E-state index >= 15 is 0 Å². The van der Waals surface area contributed by atoms with Crippen molar-refractivity contribution in [2.75, 3.05) is 0 Å². The molecule has 1 heteroatoms. The molecule has 1 aliphatic rings. The number of allylic oxidation sites excluding steroid dienone is 1. The second-order valence-corrected chi connectivity index (χ2v) is 3.37. The fraction of sp³-hybridized carbons (Fsp3) is 0.778. The number of aliphatic hydroxyl groups excluding tert-OH is 1. The summed E-state index contributed by atoms with van der Waals surface area (Å²) in [7, 11) is 0. The largest absolute Gasteiger partial charge is 0.393 e. The SMILES string of the molecule is CC1=CCC(O)C(C)CC1. The minimum absolute atomic E-state index is 0.0996. The minimum Gasteiger partial charge on any atom is -0.393 e. The second-order valence-electron chi connectivity index (χ2n) is 3.37. The van der Waals surface area contributed by atoms with E-state index in [9.17, 15) is 5.11 Å². The molecule has 0 radical (unpaired) electrons. The lowest BCUT2D eigenvalue weighted by atomic mass is 9.99. The third-order valence-corrected chi connectivity index (χ3v) is 2.36. The lowest BCUT2D eigenvalue weighted by Crippen LogP contribution is -2.14. The average molecular weight is 140 g/mol. The van der Waals surface area contributed by atoms with Gasteiger partial charge in [0.2, 0.25) is 0 Å². The van der Waals surface area contributed by atoms with Gasteiger partial charge in [0.1, 0.15) is 0 Å². The minimum atomic E-state index is -0.0996. The first-order valence-electron chi connectivity index (χ1n) is 4.04. The van der Waals surface area contributed by atoms with Crippen molar-refractivity contribution >= 4 is 0 Å². The zero-order valence-corrected chi connectivity index (χ0v) is 6.80. The molecule has 0 aliphatic heterocycles. The molecule has 1 aliphatic carbocycles. The lowest BCUT2D eigenvalue weighted by molar-refractivity contribution is 0.118. The van der Waals surface area contributed by atoms with Crippen LogP contribution in [-0.4, -0.2) is 11.2 Å². The summed E-state index contributed by atoms with van der Waals surface area (Å²) in [6.45, 7) is 4.27. The van der Waals surface area contributed by atoms with E-state index in [1.165, 1.54) is 5.57 Å². The van der Waals surface area contributed by atoms with Crippen LogP contribution in [0, 0.1) is 5.92 Å². The Hall–Kier alpha value is -0.300. The van der Waals surface area contributed by atoms with Crippen LogP contribution in [0.4, 0.5) is 0 Å². The highest BCUT2D eigenvalue weighted by Gasteiger charge is 2.15. The Labute approximate surface area is 62.8 Å². The van der Waals surface area contributed by atoms with Gasteiger partial charge in [-0.05, 0) is 32.1 Å². The standard InChI is InChI=1S/C9H16O/c1-7-3-5-8(2)9(10)6-4-7/h4,8-10H,3,5-6H2,1-2H3. The van der Waals surface area contributed by atoms with Crippen molar-refractivity contribution < 1.29 is 5.11 Å². The predicted octanol–water partition coefficient (Wildman–Crippen LogP) is 2.11. The van der Waals surface area contributed by atoms with E-state index < -0.39 is 0 Å². The van der Waals surface area contributed by atoms with Gasteiger partial charge in [0.25, 0.3) is 0 Å². The molecule has 2 unspecified atom stereocenters. The highest BCUT2D eigenvalue weighted by Crippen LogP contribution is 2.22. The Morgan fingerprint density at radius 2 is 2.30 bits per heavy atom. The molecule has 1 N–H and O–H groups in total. The van der Waals surface area contributed by atoms with E-state index in [1.54, 1.807) is 0 Å². The van der Waals surface area contributed by atoms with Crippen LogP contribution in [0.1, 0.15) is 33.1 Å². The van der Waals surface area contributed by atoms with Crippen LogP contribution in [0.5, 0.6) is 0 Å². The molecule has 0 heterocycles. The highest BCUT2D eigenvalue weighted by molar-refractivity contribution is 5.02. The molecule has 0 saturated carbocycles. The van der Waals surface area contributed by atoms with Crippen molar-refractivity contribution in [2.24, 2.45) is 5.92 Å². The molecule has 10 heavy (non-hydrogen) atoms. The van der Waals surface area contributed by atoms with Crippen LogP contribution in [0.2, 0.25) is 0 Å². The van der Waals surface area contributed by atoms with Gasteiger partial charge < -0.3 is 5.11 Å². The Morgan fingerprint density at radius 3 is 3.00 bits per heavy atom. The molecular formula is C9H16O. The Bertz CT molecular complexity index is 138. The zero-order chi connectivity index (χ0) is 7.56. The van der Waals surface area contributed by atoms with Gasteiger partial charge in [-0.15, -0.1) is 0 Å². The van der Waals surface area contributed by atoms with Crippen molar-refractivity contribution in [2.45, 2.75) is 39.2 Å². The average Bonchev–Trinajstić information content (AvgIpc) is 2.04. The summed E-state index contributed by atoms with van der Waals surface area (Å²) in [5.41, 5.74) is 1.43. The fourth-order valence-electron chi connectivity index (χ4n) is 1.30. The van der Waals surface area contributed by atoms with E-state index in [0.717, 1.165) is 19.3 Å². The van der Waals surface area contributed by atoms with Gasteiger partial charge in [-0.2, -0.15) is 0 Å². The highest BCUT2D eigenvalue weighted by atomic mass is 16.3. The molecule has 0 fully saturated rings. The Kier molecular flexibility index (Phi) is 2.50. The van der Waals surface area contributed by atoms with E-state index in [1.807, 2.05) is 0 Å². The van der Waals surface area contributed by atoms with Gasteiger partial charge >= 0.3 is 0 Å².